The third-order valence-corrected chi connectivity index (χ3v) is 5.11. The van der Waals surface area contributed by atoms with Gasteiger partial charge in [-0.1, -0.05) is 12.1 Å². The number of nitrogens with zero attached hydrogens (tertiary/aromatic N) is 2. The molecule has 0 atom stereocenters. The van der Waals surface area contributed by atoms with Crippen LogP contribution in [0.4, 0.5) is 5.69 Å². The highest BCUT2D eigenvalue weighted by atomic mass is 16.5. The first-order chi connectivity index (χ1) is 12.1. The summed E-state index contributed by atoms with van der Waals surface area (Å²) in [7, 11) is 3.39. The molecule has 0 bridgehead atoms. The Morgan fingerprint density at radius 3 is 2.12 bits per heavy atom. The summed E-state index contributed by atoms with van der Waals surface area (Å²) in [6, 6.07) is 12.7. The molecule has 0 radical (unpaired) electrons. The van der Waals surface area contributed by atoms with Gasteiger partial charge in [0.15, 0.2) is 0 Å². The first-order valence-electron chi connectivity index (χ1n) is 8.86. The van der Waals surface area contributed by atoms with Crippen LogP contribution in [0, 0.1) is 13.8 Å². The van der Waals surface area contributed by atoms with Gasteiger partial charge in [0.05, 0.1) is 14.2 Å². The van der Waals surface area contributed by atoms with Crippen LogP contribution in [-0.2, 0) is 6.54 Å². The molecule has 134 valence electrons. The minimum Gasteiger partial charge on any atom is -0.497 e. The molecule has 0 aliphatic carbocycles. The van der Waals surface area contributed by atoms with Crippen LogP contribution in [0.15, 0.2) is 36.4 Å². The molecule has 0 unspecified atom stereocenters. The SMILES string of the molecule is COc1cc(CN2CCN(c3cccc(C)c3C)CC2)cc(OC)c1. The lowest BCUT2D eigenvalue weighted by molar-refractivity contribution is 0.249. The Bertz CT molecular complexity index is 700. The van der Waals surface area contributed by atoms with Crippen molar-refractivity contribution in [2.45, 2.75) is 20.4 Å². The number of benzene rings is 2. The molecule has 2 aromatic carbocycles. The number of ether oxygens (including phenoxy) is 2. The Morgan fingerprint density at radius 1 is 0.880 bits per heavy atom. The topological polar surface area (TPSA) is 24.9 Å². The van der Waals surface area contributed by atoms with Gasteiger partial charge >= 0.3 is 0 Å². The highest BCUT2D eigenvalue weighted by Gasteiger charge is 2.19. The summed E-state index contributed by atoms with van der Waals surface area (Å²) in [5.74, 6) is 1.70. The fourth-order valence-electron chi connectivity index (χ4n) is 3.44. The van der Waals surface area contributed by atoms with Crippen molar-refractivity contribution in [3.63, 3.8) is 0 Å². The van der Waals surface area contributed by atoms with E-state index in [4.69, 9.17) is 9.47 Å². The quantitative estimate of drug-likeness (QED) is 0.830. The number of aryl methyl sites for hydroxylation is 1. The van der Waals surface area contributed by atoms with Gasteiger partial charge in [-0.25, -0.2) is 0 Å². The van der Waals surface area contributed by atoms with Crippen molar-refractivity contribution in [3.05, 3.63) is 53.1 Å². The van der Waals surface area contributed by atoms with Gasteiger partial charge in [0, 0.05) is 44.5 Å². The largest absolute Gasteiger partial charge is 0.497 e. The van der Waals surface area contributed by atoms with Crippen LogP contribution in [0.2, 0.25) is 0 Å². The second kappa shape index (κ2) is 7.79. The Kier molecular flexibility index (Phi) is 5.49. The van der Waals surface area contributed by atoms with Gasteiger partial charge in [-0.05, 0) is 48.7 Å². The van der Waals surface area contributed by atoms with Crippen LogP contribution >= 0.6 is 0 Å². The van der Waals surface area contributed by atoms with Gasteiger partial charge in [0.1, 0.15) is 11.5 Å². The van der Waals surface area contributed by atoms with Crippen LogP contribution in [-0.4, -0.2) is 45.3 Å². The maximum atomic E-state index is 5.38. The van der Waals surface area contributed by atoms with Crippen LogP contribution in [0.1, 0.15) is 16.7 Å². The molecule has 0 amide bonds. The van der Waals surface area contributed by atoms with Crippen LogP contribution < -0.4 is 14.4 Å². The number of anilines is 1. The molecule has 1 aliphatic rings. The van der Waals surface area contributed by atoms with Gasteiger partial charge in [-0.2, -0.15) is 0 Å². The van der Waals surface area contributed by atoms with Crippen LogP contribution in [0.3, 0.4) is 0 Å². The molecule has 4 nitrogen and oxygen atoms in total. The maximum absolute atomic E-state index is 5.38. The Labute approximate surface area is 151 Å². The summed E-state index contributed by atoms with van der Waals surface area (Å²) in [6.45, 7) is 9.58. The van der Waals surface area contributed by atoms with Gasteiger partial charge in [0.25, 0.3) is 0 Å². The zero-order chi connectivity index (χ0) is 17.8. The van der Waals surface area contributed by atoms with E-state index >= 15 is 0 Å². The van der Waals surface area contributed by atoms with Gasteiger partial charge < -0.3 is 14.4 Å². The summed E-state index contributed by atoms with van der Waals surface area (Å²) in [6.07, 6.45) is 0. The molecule has 2 aromatic rings. The number of piperazine rings is 1. The normalized spacial score (nSPS) is 15.3. The van der Waals surface area contributed by atoms with Gasteiger partial charge in [-0.15, -0.1) is 0 Å². The van der Waals surface area contributed by atoms with E-state index in [1.54, 1.807) is 14.2 Å². The Hall–Kier alpha value is -2.20. The van der Waals surface area contributed by atoms with E-state index in [2.05, 4.69) is 54.0 Å². The Morgan fingerprint density at radius 2 is 1.52 bits per heavy atom. The summed E-state index contributed by atoms with van der Waals surface area (Å²) in [5, 5.41) is 0. The molecule has 0 aromatic heterocycles. The van der Waals surface area contributed by atoms with Crippen LogP contribution in [0.25, 0.3) is 0 Å². The minimum absolute atomic E-state index is 0.850. The third kappa shape index (κ3) is 4.07. The molecule has 1 aliphatic heterocycles. The number of hydrogen-bond acceptors (Lipinski definition) is 4. The van der Waals surface area contributed by atoms with E-state index < -0.39 is 0 Å². The van der Waals surface area contributed by atoms with Crippen molar-refractivity contribution in [2.75, 3.05) is 45.3 Å². The van der Waals surface area contributed by atoms with E-state index in [1.165, 1.54) is 22.4 Å². The van der Waals surface area contributed by atoms with Crippen molar-refractivity contribution in [1.82, 2.24) is 4.90 Å². The highest BCUT2D eigenvalue weighted by molar-refractivity contribution is 5.56. The van der Waals surface area contributed by atoms with E-state index in [0.29, 0.717) is 0 Å². The molecule has 25 heavy (non-hydrogen) atoms. The number of methoxy groups -OCH3 is 2. The first kappa shape index (κ1) is 17.6. The summed E-state index contributed by atoms with van der Waals surface area (Å²) >= 11 is 0. The predicted molar refractivity (Wildman–Crippen MR) is 103 cm³/mol. The van der Waals surface area contributed by atoms with Gasteiger partial charge in [-0.3, -0.25) is 4.90 Å². The van der Waals surface area contributed by atoms with Gasteiger partial charge in [0.2, 0.25) is 0 Å². The van der Waals surface area contributed by atoms with Crippen molar-refractivity contribution in [2.24, 2.45) is 0 Å². The zero-order valence-electron chi connectivity index (χ0n) is 15.7. The lowest BCUT2D eigenvalue weighted by Crippen LogP contribution is -2.46. The first-order valence-corrected chi connectivity index (χ1v) is 8.86. The second-order valence-corrected chi connectivity index (χ2v) is 6.70. The monoisotopic (exact) mass is 340 g/mol. The second-order valence-electron chi connectivity index (χ2n) is 6.70. The van der Waals surface area contributed by atoms with E-state index in [9.17, 15) is 0 Å². The van der Waals surface area contributed by atoms with Crippen molar-refractivity contribution < 1.29 is 9.47 Å². The van der Waals surface area contributed by atoms with E-state index in [0.717, 1.165) is 44.2 Å². The summed E-state index contributed by atoms with van der Waals surface area (Å²) in [4.78, 5) is 5.00. The lowest BCUT2D eigenvalue weighted by atomic mass is 10.1. The van der Waals surface area contributed by atoms with Crippen molar-refractivity contribution in [1.29, 1.82) is 0 Å². The predicted octanol–water partition coefficient (Wildman–Crippen LogP) is 3.64. The maximum Gasteiger partial charge on any atom is 0.122 e. The number of hydrogen-bond donors (Lipinski definition) is 0. The zero-order valence-corrected chi connectivity index (χ0v) is 15.7. The Balaban J connectivity index is 1.64. The molecule has 0 spiro atoms. The standard InChI is InChI=1S/C21H28N2O2/c1-16-6-5-7-21(17(16)2)23-10-8-22(9-11-23)15-18-12-19(24-3)14-20(13-18)25-4/h5-7,12-14H,8-11,15H2,1-4H3. The molecule has 0 N–H and O–H groups in total. The molecule has 1 heterocycles. The average molecular weight is 340 g/mol. The lowest BCUT2D eigenvalue weighted by Gasteiger charge is -2.37. The van der Waals surface area contributed by atoms with Crippen molar-refractivity contribution >= 4 is 5.69 Å². The molecule has 1 saturated heterocycles. The molecule has 4 heteroatoms. The minimum atomic E-state index is 0.850. The van der Waals surface area contributed by atoms with Crippen LogP contribution in [0.5, 0.6) is 11.5 Å². The fraction of sp³-hybridized carbons (Fsp3) is 0.429. The molecule has 1 fully saturated rings. The van der Waals surface area contributed by atoms with Crippen molar-refractivity contribution in [3.8, 4) is 11.5 Å². The number of rotatable bonds is 5. The third-order valence-electron chi connectivity index (χ3n) is 5.11. The fourth-order valence-corrected chi connectivity index (χ4v) is 3.44. The van der Waals surface area contributed by atoms with E-state index in [1.807, 2.05) is 6.07 Å². The summed E-state index contributed by atoms with van der Waals surface area (Å²) in [5.41, 5.74) is 5.37. The molecular formula is C21H28N2O2. The smallest absolute Gasteiger partial charge is 0.122 e. The molecular weight excluding hydrogens is 312 g/mol. The average Bonchev–Trinajstić information content (AvgIpc) is 2.64. The molecule has 3 rings (SSSR count). The highest BCUT2D eigenvalue weighted by Crippen LogP contribution is 2.26. The summed E-state index contributed by atoms with van der Waals surface area (Å²) < 4.78 is 10.8. The molecule has 0 saturated carbocycles. The van der Waals surface area contributed by atoms with E-state index in [-0.39, 0.29) is 0 Å².